The number of rotatable bonds is 6. The van der Waals surface area contributed by atoms with Crippen LogP contribution in [0, 0.1) is 0 Å². The maximum absolute atomic E-state index is 11.5. The van der Waals surface area contributed by atoms with Crippen molar-refractivity contribution in [1.82, 2.24) is 10.2 Å². The van der Waals surface area contributed by atoms with Crippen molar-refractivity contribution in [1.29, 1.82) is 0 Å². The molecule has 0 saturated carbocycles. The largest absolute Gasteiger partial charge is 0.480 e. The lowest BCUT2D eigenvalue weighted by Crippen LogP contribution is -2.44. The zero-order valence-corrected chi connectivity index (χ0v) is 11.2. The van der Waals surface area contributed by atoms with E-state index >= 15 is 0 Å². The van der Waals surface area contributed by atoms with Gasteiger partial charge in [0.1, 0.15) is 0 Å². The molecule has 1 rings (SSSR count). The SMILES string of the molecule is CSC(C(=O)O)C(=O)NCCN1CCCCC1=O. The predicted octanol–water partition coefficient (Wildman–Crippen LogP) is -0.0687. The summed E-state index contributed by atoms with van der Waals surface area (Å²) < 4.78 is 0. The van der Waals surface area contributed by atoms with Crippen LogP contribution in [0.2, 0.25) is 0 Å². The van der Waals surface area contributed by atoms with Gasteiger partial charge >= 0.3 is 5.97 Å². The van der Waals surface area contributed by atoms with E-state index in [1.807, 2.05) is 0 Å². The molecule has 0 bridgehead atoms. The van der Waals surface area contributed by atoms with Gasteiger partial charge in [0.25, 0.3) is 0 Å². The van der Waals surface area contributed by atoms with Gasteiger partial charge in [-0.05, 0) is 19.1 Å². The Morgan fingerprint density at radius 2 is 2.22 bits per heavy atom. The van der Waals surface area contributed by atoms with E-state index in [1.54, 1.807) is 11.2 Å². The fourth-order valence-corrected chi connectivity index (χ4v) is 2.32. The van der Waals surface area contributed by atoms with Gasteiger partial charge in [0.2, 0.25) is 11.8 Å². The van der Waals surface area contributed by atoms with E-state index in [1.165, 1.54) is 0 Å². The molecular formula is C11H18N2O4S. The maximum Gasteiger partial charge on any atom is 0.326 e. The maximum atomic E-state index is 11.5. The average Bonchev–Trinajstić information content (AvgIpc) is 2.32. The molecule has 1 unspecified atom stereocenters. The number of amides is 2. The highest BCUT2D eigenvalue weighted by atomic mass is 32.2. The van der Waals surface area contributed by atoms with Crippen LogP contribution in [-0.4, -0.2) is 58.9 Å². The van der Waals surface area contributed by atoms with Crippen LogP contribution in [0.1, 0.15) is 19.3 Å². The van der Waals surface area contributed by atoms with E-state index in [4.69, 9.17) is 5.11 Å². The van der Waals surface area contributed by atoms with Gasteiger partial charge in [-0.1, -0.05) is 0 Å². The Balaban J connectivity index is 2.30. The molecule has 18 heavy (non-hydrogen) atoms. The second kappa shape index (κ2) is 7.25. The Morgan fingerprint density at radius 3 is 2.78 bits per heavy atom. The van der Waals surface area contributed by atoms with Crippen molar-refractivity contribution in [3.8, 4) is 0 Å². The molecule has 0 aromatic carbocycles. The van der Waals surface area contributed by atoms with Crippen molar-refractivity contribution in [2.45, 2.75) is 24.5 Å². The zero-order chi connectivity index (χ0) is 13.5. The van der Waals surface area contributed by atoms with E-state index in [2.05, 4.69) is 5.32 Å². The minimum absolute atomic E-state index is 0.107. The molecule has 1 heterocycles. The Hall–Kier alpha value is -1.24. The lowest BCUT2D eigenvalue weighted by molar-refractivity contribution is -0.140. The summed E-state index contributed by atoms with van der Waals surface area (Å²) in [4.78, 5) is 35.5. The number of carbonyl (C=O) groups is 3. The number of hydrogen-bond acceptors (Lipinski definition) is 4. The summed E-state index contributed by atoms with van der Waals surface area (Å²) in [6, 6.07) is 0. The molecule has 1 aliphatic rings. The summed E-state index contributed by atoms with van der Waals surface area (Å²) in [6.45, 7) is 1.47. The quantitative estimate of drug-likeness (QED) is 0.662. The number of thioether (sulfide) groups is 1. The lowest BCUT2D eigenvalue weighted by Gasteiger charge is -2.26. The topological polar surface area (TPSA) is 86.7 Å². The molecule has 0 radical (unpaired) electrons. The molecule has 2 N–H and O–H groups in total. The van der Waals surface area contributed by atoms with Crippen molar-refractivity contribution < 1.29 is 19.5 Å². The molecule has 1 atom stereocenters. The zero-order valence-electron chi connectivity index (χ0n) is 10.3. The summed E-state index contributed by atoms with van der Waals surface area (Å²) in [5, 5.41) is 10.3. The van der Waals surface area contributed by atoms with Crippen LogP contribution in [0.4, 0.5) is 0 Å². The molecule has 2 amide bonds. The van der Waals surface area contributed by atoms with Crippen molar-refractivity contribution in [3.05, 3.63) is 0 Å². The molecule has 1 aliphatic heterocycles. The summed E-state index contributed by atoms with van der Waals surface area (Å²) in [5.41, 5.74) is 0. The Kier molecular flexibility index (Phi) is 5.97. The van der Waals surface area contributed by atoms with Gasteiger partial charge in [0.05, 0.1) is 0 Å². The second-order valence-corrected chi connectivity index (χ2v) is 5.03. The highest BCUT2D eigenvalue weighted by molar-refractivity contribution is 8.00. The number of aliphatic carboxylic acids is 1. The molecule has 0 aromatic rings. The van der Waals surface area contributed by atoms with E-state index in [9.17, 15) is 14.4 Å². The molecule has 1 saturated heterocycles. The summed E-state index contributed by atoms with van der Waals surface area (Å²) in [5.74, 6) is -1.55. The predicted molar refractivity (Wildman–Crippen MR) is 68.4 cm³/mol. The fourth-order valence-electron chi connectivity index (χ4n) is 1.82. The summed E-state index contributed by atoms with van der Waals surface area (Å²) in [6.07, 6.45) is 4.06. The first-order chi connectivity index (χ1) is 8.56. The number of hydrogen-bond donors (Lipinski definition) is 2. The molecule has 6 nitrogen and oxygen atoms in total. The molecule has 0 aromatic heterocycles. The third-order valence-corrected chi connectivity index (χ3v) is 3.69. The number of carboxylic acids is 1. The molecular weight excluding hydrogens is 256 g/mol. The number of piperidine rings is 1. The standard InChI is InChI=1S/C11H18N2O4S/c1-18-9(11(16)17)10(15)12-5-7-13-6-3-2-4-8(13)14/h9H,2-7H2,1H3,(H,12,15)(H,16,17). The molecule has 1 fully saturated rings. The van der Waals surface area contributed by atoms with Crippen molar-refractivity contribution in [3.63, 3.8) is 0 Å². The number of nitrogens with zero attached hydrogens (tertiary/aromatic N) is 1. The van der Waals surface area contributed by atoms with Gasteiger partial charge < -0.3 is 15.3 Å². The van der Waals surface area contributed by atoms with Crippen LogP contribution >= 0.6 is 11.8 Å². The van der Waals surface area contributed by atoms with Gasteiger partial charge in [-0.2, -0.15) is 0 Å². The molecule has 0 aliphatic carbocycles. The minimum Gasteiger partial charge on any atom is -0.480 e. The highest BCUT2D eigenvalue weighted by Gasteiger charge is 2.25. The van der Waals surface area contributed by atoms with Gasteiger partial charge in [-0.25, -0.2) is 0 Å². The van der Waals surface area contributed by atoms with E-state index < -0.39 is 17.1 Å². The van der Waals surface area contributed by atoms with Crippen molar-refractivity contribution in [2.75, 3.05) is 25.9 Å². The van der Waals surface area contributed by atoms with Gasteiger partial charge in [-0.15, -0.1) is 11.8 Å². The fraction of sp³-hybridized carbons (Fsp3) is 0.727. The Bertz CT molecular complexity index is 335. The van der Waals surface area contributed by atoms with Crippen LogP contribution in [0.5, 0.6) is 0 Å². The number of carbonyl (C=O) groups excluding carboxylic acids is 2. The van der Waals surface area contributed by atoms with E-state index in [0.29, 0.717) is 19.5 Å². The van der Waals surface area contributed by atoms with E-state index in [-0.39, 0.29) is 5.91 Å². The van der Waals surface area contributed by atoms with Crippen molar-refractivity contribution >= 4 is 29.5 Å². The van der Waals surface area contributed by atoms with Crippen LogP contribution in [0.15, 0.2) is 0 Å². The summed E-state index contributed by atoms with van der Waals surface area (Å²) >= 11 is 0.981. The lowest BCUT2D eigenvalue weighted by atomic mass is 10.1. The molecule has 7 heteroatoms. The van der Waals surface area contributed by atoms with Gasteiger partial charge in [0.15, 0.2) is 5.25 Å². The average molecular weight is 274 g/mol. The van der Waals surface area contributed by atoms with Crippen LogP contribution in [-0.2, 0) is 14.4 Å². The Labute approximate surface area is 110 Å². The smallest absolute Gasteiger partial charge is 0.326 e. The minimum atomic E-state index is -1.14. The van der Waals surface area contributed by atoms with Crippen LogP contribution in [0.3, 0.4) is 0 Å². The molecule has 102 valence electrons. The van der Waals surface area contributed by atoms with Gasteiger partial charge in [0, 0.05) is 26.1 Å². The third-order valence-electron chi connectivity index (χ3n) is 2.80. The monoisotopic (exact) mass is 274 g/mol. The first-order valence-corrected chi connectivity index (χ1v) is 7.16. The summed E-state index contributed by atoms with van der Waals surface area (Å²) in [7, 11) is 0. The first kappa shape index (κ1) is 14.8. The number of likely N-dealkylation sites (tertiary alicyclic amines) is 1. The Morgan fingerprint density at radius 1 is 1.50 bits per heavy atom. The van der Waals surface area contributed by atoms with E-state index in [0.717, 1.165) is 31.1 Å². The number of nitrogens with one attached hydrogen (secondary N) is 1. The molecule has 0 spiro atoms. The van der Waals surface area contributed by atoms with Crippen LogP contribution < -0.4 is 5.32 Å². The third kappa shape index (κ3) is 4.21. The normalized spacial score (nSPS) is 17.4. The first-order valence-electron chi connectivity index (χ1n) is 5.87. The van der Waals surface area contributed by atoms with Crippen LogP contribution in [0.25, 0.3) is 0 Å². The van der Waals surface area contributed by atoms with Gasteiger partial charge in [-0.3, -0.25) is 14.4 Å². The number of carboxylic acid groups (broad SMARTS) is 1. The highest BCUT2D eigenvalue weighted by Crippen LogP contribution is 2.09. The van der Waals surface area contributed by atoms with Crippen molar-refractivity contribution in [2.24, 2.45) is 0 Å². The second-order valence-electron chi connectivity index (χ2n) is 4.08.